The zero-order chi connectivity index (χ0) is 17.8. The van der Waals surface area contributed by atoms with Gasteiger partial charge in [-0.25, -0.2) is 9.07 Å². The quantitative estimate of drug-likeness (QED) is 0.876. The molecule has 1 aliphatic heterocycles. The summed E-state index contributed by atoms with van der Waals surface area (Å²) in [4.78, 5) is 27.3. The Morgan fingerprint density at radius 2 is 1.76 bits per heavy atom. The Hall–Kier alpha value is -2.74. The molecule has 1 aromatic heterocycles. The highest BCUT2D eigenvalue weighted by atomic mass is 19.1. The van der Waals surface area contributed by atoms with Crippen molar-refractivity contribution in [1.29, 1.82) is 0 Å². The van der Waals surface area contributed by atoms with Gasteiger partial charge in [0.15, 0.2) is 0 Å². The van der Waals surface area contributed by atoms with E-state index in [-0.39, 0.29) is 24.0 Å². The Morgan fingerprint density at radius 3 is 2.40 bits per heavy atom. The van der Waals surface area contributed by atoms with Crippen LogP contribution in [0.5, 0.6) is 0 Å². The summed E-state index contributed by atoms with van der Waals surface area (Å²) in [5.41, 5.74) is 1.31. The van der Waals surface area contributed by atoms with E-state index in [0.29, 0.717) is 32.7 Å². The lowest BCUT2D eigenvalue weighted by atomic mass is 10.2. The second-order valence-corrected chi connectivity index (χ2v) is 5.96. The molecule has 8 heteroatoms. The maximum atomic E-state index is 13.0. The van der Waals surface area contributed by atoms with Crippen LogP contribution in [-0.4, -0.2) is 62.7 Å². The lowest BCUT2D eigenvalue weighted by molar-refractivity contribution is -0.137. The number of aromatic nitrogens is 2. The Labute approximate surface area is 144 Å². The third kappa shape index (κ3) is 4.21. The van der Waals surface area contributed by atoms with Crippen molar-refractivity contribution in [3.63, 3.8) is 0 Å². The highest BCUT2D eigenvalue weighted by Gasteiger charge is 2.24. The molecule has 0 aliphatic carbocycles. The molecular weight excluding hydrogens is 327 g/mol. The molecule has 1 aliphatic rings. The molecule has 1 aromatic carbocycles. The molecule has 132 valence electrons. The van der Waals surface area contributed by atoms with Crippen LogP contribution < -0.4 is 0 Å². The predicted octanol–water partition coefficient (Wildman–Crippen LogP) is 1.06. The topological polar surface area (TPSA) is 78.7 Å². The summed E-state index contributed by atoms with van der Waals surface area (Å²) < 4.78 is 14.2. The largest absolute Gasteiger partial charge is 0.480 e. The first kappa shape index (κ1) is 17.1. The number of hydrogen-bond acceptors (Lipinski definition) is 4. The first-order valence-corrected chi connectivity index (χ1v) is 8.02. The van der Waals surface area contributed by atoms with Crippen molar-refractivity contribution in [2.75, 3.05) is 26.2 Å². The number of nitrogens with zero attached hydrogens (tertiary/aromatic N) is 4. The van der Waals surface area contributed by atoms with E-state index in [9.17, 15) is 14.0 Å². The molecule has 2 heterocycles. The molecule has 1 saturated heterocycles. The number of hydrogen-bond donors (Lipinski definition) is 1. The molecule has 0 spiro atoms. The minimum Gasteiger partial charge on any atom is -0.480 e. The second kappa shape index (κ2) is 7.43. The lowest BCUT2D eigenvalue weighted by Crippen LogP contribution is -2.48. The average molecular weight is 346 g/mol. The number of halogens is 1. The SMILES string of the molecule is O=C(O)Cn1nccc1C(=O)N1CCN(Cc2ccc(F)cc2)CC1. The number of benzene rings is 1. The summed E-state index contributed by atoms with van der Waals surface area (Å²) in [6.45, 7) is 2.89. The summed E-state index contributed by atoms with van der Waals surface area (Å²) >= 11 is 0. The number of aliphatic carboxylic acids is 1. The van der Waals surface area contributed by atoms with E-state index in [0.717, 1.165) is 5.56 Å². The minimum absolute atomic E-state index is 0.208. The van der Waals surface area contributed by atoms with Crippen LogP contribution in [0, 0.1) is 5.82 Å². The van der Waals surface area contributed by atoms with Crippen molar-refractivity contribution in [3.05, 3.63) is 53.6 Å². The van der Waals surface area contributed by atoms with Crippen molar-refractivity contribution in [1.82, 2.24) is 19.6 Å². The van der Waals surface area contributed by atoms with Gasteiger partial charge in [0.2, 0.25) is 0 Å². The maximum Gasteiger partial charge on any atom is 0.325 e. The van der Waals surface area contributed by atoms with Crippen molar-refractivity contribution in [2.24, 2.45) is 0 Å². The smallest absolute Gasteiger partial charge is 0.325 e. The molecule has 1 fully saturated rings. The van der Waals surface area contributed by atoms with Crippen molar-refractivity contribution < 1.29 is 19.1 Å². The number of carbonyl (C=O) groups is 2. The molecule has 0 radical (unpaired) electrons. The number of piperazine rings is 1. The van der Waals surface area contributed by atoms with Crippen LogP contribution in [-0.2, 0) is 17.9 Å². The van der Waals surface area contributed by atoms with E-state index >= 15 is 0 Å². The van der Waals surface area contributed by atoms with Crippen LogP contribution in [0.4, 0.5) is 4.39 Å². The van der Waals surface area contributed by atoms with Crippen LogP contribution in [0.15, 0.2) is 36.5 Å². The average Bonchev–Trinajstić information content (AvgIpc) is 3.04. The van der Waals surface area contributed by atoms with Gasteiger partial charge in [0.25, 0.3) is 5.91 Å². The minimum atomic E-state index is -1.04. The molecule has 0 bridgehead atoms. The fourth-order valence-electron chi connectivity index (χ4n) is 2.89. The Kier molecular flexibility index (Phi) is 5.08. The van der Waals surface area contributed by atoms with Gasteiger partial charge >= 0.3 is 5.97 Å². The normalized spacial score (nSPS) is 15.3. The molecule has 0 saturated carbocycles. The molecule has 0 unspecified atom stereocenters. The molecule has 1 N–H and O–H groups in total. The van der Waals surface area contributed by atoms with Gasteiger partial charge in [-0.05, 0) is 23.8 Å². The Morgan fingerprint density at radius 1 is 1.08 bits per heavy atom. The van der Waals surface area contributed by atoms with Crippen molar-refractivity contribution in [3.8, 4) is 0 Å². The number of rotatable bonds is 5. The highest BCUT2D eigenvalue weighted by Crippen LogP contribution is 2.12. The summed E-state index contributed by atoms with van der Waals surface area (Å²) in [5.74, 6) is -1.50. The summed E-state index contributed by atoms with van der Waals surface area (Å²) in [6.07, 6.45) is 1.43. The van der Waals surface area contributed by atoms with E-state index in [1.54, 1.807) is 17.0 Å². The number of carbonyl (C=O) groups excluding carboxylic acids is 1. The van der Waals surface area contributed by atoms with Gasteiger partial charge in [-0.15, -0.1) is 0 Å². The summed E-state index contributed by atoms with van der Waals surface area (Å²) in [7, 11) is 0. The van der Waals surface area contributed by atoms with Crippen LogP contribution >= 0.6 is 0 Å². The van der Waals surface area contributed by atoms with Crippen molar-refractivity contribution in [2.45, 2.75) is 13.1 Å². The third-order valence-corrected chi connectivity index (χ3v) is 4.20. The Bertz CT molecular complexity index is 752. The van der Waals surface area contributed by atoms with Gasteiger partial charge in [0, 0.05) is 38.9 Å². The van der Waals surface area contributed by atoms with Gasteiger partial charge in [0.05, 0.1) is 0 Å². The first-order valence-electron chi connectivity index (χ1n) is 8.02. The lowest BCUT2D eigenvalue weighted by Gasteiger charge is -2.34. The fourth-order valence-corrected chi connectivity index (χ4v) is 2.89. The highest BCUT2D eigenvalue weighted by molar-refractivity contribution is 5.93. The molecular formula is C17H19FN4O3. The molecule has 7 nitrogen and oxygen atoms in total. The van der Waals surface area contributed by atoms with Gasteiger partial charge in [-0.2, -0.15) is 5.10 Å². The number of carboxylic acids is 1. The zero-order valence-corrected chi connectivity index (χ0v) is 13.6. The zero-order valence-electron chi connectivity index (χ0n) is 13.6. The van der Waals surface area contributed by atoms with Gasteiger partial charge in [0.1, 0.15) is 18.1 Å². The number of carboxylic acid groups (broad SMARTS) is 1. The van der Waals surface area contributed by atoms with Crippen LogP contribution in [0.3, 0.4) is 0 Å². The van der Waals surface area contributed by atoms with Gasteiger partial charge < -0.3 is 10.0 Å². The summed E-state index contributed by atoms with van der Waals surface area (Å²) in [5, 5.41) is 12.8. The molecule has 2 aromatic rings. The van der Waals surface area contributed by atoms with Crippen LogP contribution in [0.1, 0.15) is 16.1 Å². The third-order valence-electron chi connectivity index (χ3n) is 4.20. The number of amides is 1. The maximum absolute atomic E-state index is 13.0. The second-order valence-electron chi connectivity index (χ2n) is 5.96. The van der Waals surface area contributed by atoms with Gasteiger partial charge in [-0.3, -0.25) is 14.5 Å². The van der Waals surface area contributed by atoms with E-state index in [1.807, 2.05) is 0 Å². The molecule has 1 amide bonds. The van der Waals surface area contributed by atoms with E-state index in [1.165, 1.54) is 29.1 Å². The van der Waals surface area contributed by atoms with Crippen molar-refractivity contribution >= 4 is 11.9 Å². The van der Waals surface area contributed by atoms with Gasteiger partial charge in [-0.1, -0.05) is 12.1 Å². The van der Waals surface area contributed by atoms with E-state index in [2.05, 4.69) is 10.00 Å². The van der Waals surface area contributed by atoms with Crippen LogP contribution in [0.2, 0.25) is 0 Å². The Balaban J connectivity index is 1.57. The molecule has 3 rings (SSSR count). The standard InChI is InChI=1S/C17H19FN4O3/c18-14-3-1-13(2-4-14)11-20-7-9-21(10-8-20)17(25)15-5-6-19-22(15)12-16(23)24/h1-6H,7-12H2,(H,23,24). The monoisotopic (exact) mass is 346 g/mol. The molecule has 0 atom stereocenters. The van der Waals surface area contributed by atoms with E-state index in [4.69, 9.17) is 5.11 Å². The summed E-state index contributed by atoms with van der Waals surface area (Å²) in [6, 6.07) is 7.95. The fraction of sp³-hybridized carbons (Fsp3) is 0.353. The first-order chi connectivity index (χ1) is 12.0. The molecule has 25 heavy (non-hydrogen) atoms. The predicted molar refractivity (Wildman–Crippen MR) is 87.4 cm³/mol. The van der Waals surface area contributed by atoms with Crippen LogP contribution in [0.25, 0.3) is 0 Å². The van der Waals surface area contributed by atoms with E-state index < -0.39 is 5.97 Å².